The first-order valence-corrected chi connectivity index (χ1v) is 5.88. The van der Waals surface area contributed by atoms with Crippen LogP contribution >= 0.6 is 0 Å². The van der Waals surface area contributed by atoms with Crippen molar-refractivity contribution in [1.82, 2.24) is 0 Å². The lowest BCUT2D eigenvalue weighted by molar-refractivity contribution is -0.576. The molecule has 0 saturated heterocycles. The van der Waals surface area contributed by atoms with E-state index in [9.17, 15) is 15.2 Å². The molecule has 1 unspecified atom stereocenters. The Balaban J connectivity index is 4.30. The van der Waals surface area contributed by atoms with Gasteiger partial charge in [-0.1, -0.05) is 33.1 Å². The van der Waals surface area contributed by atoms with Crippen LogP contribution in [0.1, 0.15) is 58.8 Å². The van der Waals surface area contributed by atoms with Crippen LogP contribution in [0.3, 0.4) is 0 Å². The van der Waals surface area contributed by atoms with Crippen molar-refractivity contribution < 1.29 is 10.0 Å². The third-order valence-corrected chi connectivity index (χ3v) is 2.92. The summed E-state index contributed by atoms with van der Waals surface area (Å²) in [4.78, 5) is 10.7. The smallest absolute Gasteiger partial charge is 0.244 e. The van der Waals surface area contributed by atoms with E-state index < -0.39 is 5.54 Å². The van der Waals surface area contributed by atoms with Crippen LogP contribution in [0.2, 0.25) is 0 Å². The van der Waals surface area contributed by atoms with E-state index in [1.165, 1.54) is 0 Å². The number of nitrogens with zero attached hydrogens (tertiary/aromatic N) is 1. The van der Waals surface area contributed by atoms with Gasteiger partial charge in [0.05, 0.1) is 0 Å². The van der Waals surface area contributed by atoms with E-state index in [0.717, 1.165) is 32.1 Å². The molecule has 0 saturated carbocycles. The van der Waals surface area contributed by atoms with Crippen molar-refractivity contribution in [1.29, 1.82) is 0 Å². The number of hydrogen-bond acceptors (Lipinski definition) is 3. The molecule has 4 heteroatoms. The van der Waals surface area contributed by atoms with Crippen molar-refractivity contribution in [2.24, 2.45) is 0 Å². The van der Waals surface area contributed by atoms with Crippen LogP contribution in [0.5, 0.6) is 0 Å². The molecule has 0 aromatic heterocycles. The first kappa shape index (κ1) is 14.4. The monoisotopic (exact) mass is 217 g/mol. The molecular formula is C11H23NO3. The molecule has 0 aromatic carbocycles. The normalized spacial score (nSPS) is 14.9. The third kappa shape index (κ3) is 4.60. The Morgan fingerprint density at radius 2 is 1.67 bits per heavy atom. The topological polar surface area (TPSA) is 63.4 Å². The number of unbranched alkanes of at least 4 members (excludes halogenated alkanes) is 3. The minimum Gasteiger partial charge on any atom is -0.389 e. The minimum atomic E-state index is -1.08. The summed E-state index contributed by atoms with van der Waals surface area (Å²) in [5, 5.41) is 20.2. The fourth-order valence-corrected chi connectivity index (χ4v) is 1.73. The maximum absolute atomic E-state index is 11.0. The lowest BCUT2D eigenvalue weighted by atomic mass is 9.88. The van der Waals surface area contributed by atoms with E-state index in [0.29, 0.717) is 12.8 Å². The maximum atomic E-state index is 11.0. The second kappa shape index (κ2) is 7.63. The van der Waals surface area contributed by atoms with Crippen molar-refractivity contribution in [2.75, 3.05) is 6.61 Å². The van der Waals surface area contributed by atoms with Gasteiger partial charge in [0.25, 0.3) is 0 Å². The number of rotatable bonds is 9. The Hall–Kier alpha value is -0.640. The molecule has 0 fully saturated rings. The van der Waals surface area contributed by atoms with E-state index in [2.05, 4.69) is 6.92 Å². The summed E-state index contributed by atoms with van der Waals surface area (Å²) in [6, 6.07) is 0. The molecule has 0 amide bonds. The largest absolute Gasteiger partial charge is 0.389 e. The summed E-state index contributed by atoms with van der Waals surface area (Å²) in [5.41, 5.74) is -1.08. The predicted molar refractivity (Wildman–Crippen MR) is 60.5 cm³/mol. The van der Waals surface area contributed by atoms with Crippen LogP contribution in [0.25, 0.3) is 0 Å². The lowest BCUT2D eigenvalue weighted by Gasteiger charge is -2.22. The van der Waals surface area contributed by atoms with Crippen LogP contribution in [0.4, 0.5) is 0 Å². The molecule has 0 spiro atoms. The average Bonchev–Trinajstić information content (AvgIpc) is 2.23. The predicted octanol–water partition coefficient (Wildman–Crippen LogP) is 2.76. The zero-order valence-corrected chi connectivity index (χ0v) is 9.87. The van der Waals surface area contributed by atoms with E-state index >= 15 is 0 Å². The molecular weight excluding hydrogens is 194 g/mol. The molecule has 0 aliphatic heterocycles. The first-order chi connectivity index (χ1) is 7.13. The molecule has 4 nitrogen and oxygen atoms in total. The summed E-state index contributed by atoms with van der Waals surface area (Å²) in [7, 11) is 0. The summed E-state index contributed by atoms with van der Waals surface area (Å²) < 4.78 is 0. The van der Waals surface area contributed by atoms with Crippen LogP contribution in [-0.4, -0.2) is 22.2 Å². The van der Waals surface area contributed by atoms with Crippen molar-refractivity contribution in [3.63, 3.8) is 0 Å². The SMILES string of the molecule is CCCCCC(CO)(CCCC)[N+](=O)[O-]. The van der Waals surface area contributed by atoms with Gasteiger partial charge in [-0.15, -0.1) is 0 Å². The molecule has 0 heterocycles. The molecule has 1 atom stereocenters. The molecule has 1 N–H and O–H groups in total. The van der Waals surface area contributed by atoms with Gasteiger partial charge >= 0.3 is 0 Å². The molecule has 15 heavy (non-hydrogen) atoms. The van der Waals surface area contributed by atoms with Gasteiger partial charge in [-0.05, 0) is 12.8 Å². The quantitative estimate of drug-likeness (QED) is 0.367. The molecule has 0 aliphatic carbocycles. The summed E-state index contributed by atoms with van der Waals surface area (Å²) in [6.45, 7) is 3.75. The highest BCUT2D eigenvalue weighted by molar-refractivity contribution is 4.78. The zero-order valence-electron chi connectivity index (χ0n) is 9.87. The van der Waals surface area contributed by atoms with E-state index in [1.54, 1.807) is 0 Å². The number of aliphatic hydroxyl groups excluding tert-OH is 1. The van der Waals surface area contributed by atoms with Gasteiger partial charge in [0.2, 0.25) is 5.54 Å². The van der Waals surface area contributed by atoms with Gasteiger partial charge in [-0.2, -0.15) is 0 Å². The number of hydrogen-bond donors (Lipinski definition) is 1. The Kier molecular flexibility index (Phi) is 7.30. The van der Waals surface area contributed by atoms with Gasteiger partial charge in [-0.3, -0.25) is 10.1 Å². The van der Waals surface area contributed by atoms with Crippen molar-refractivity contribution in [2.45, 2.75) is 64.3 Å². The highest BCUT2D eigenvalue weighted by Gasteiger charge is 2.40. The van der Waals surface area contributed by atoms with Crippen LogP contribution < -0.4 is 0 Å². The van der Waals surface area contributed by atoms with Crippen molar-refractivity contribution in [3.8, 4) is 0 Å². The Morgan fingerprint density at radius 1 is 1.13 bits per heavy atom. The number of nitro groups is 1. The van der Waals surface area contributed by atoms with Gasteiger partial charge in [-0.25, -0.2) is 0 Å². The van der Waals surface area contributed by atoms with Gasteiger partial charge < -0.3 is 5.11 Å². The van der Waals surface area contributed by atoms with Crippen LogP contribution in [0, 0.1) is 10.1 Å². The summed E-state index contributed by atoms with van der Waals surface area (Å²) >= 11 is 0. The molecule has 90 valence electrons. The van der Waals surface area contributed by atoms with E-state index in [-0.39, 0.29) is 11.5 Å². The average molecular weight is 217 g/mol. The molecule has 0 bridgehead atoms. The number of aliphatic hydroxyl groups is 1. The highest BCUT2D eigenvalue weighted by Crippen LogP contribution is 2.25. The van der Waals surface area contributed by atoms with Crippen molar-refractivity contribution >= 4 is 0 Å². The van der Waals surface area contributed by atoms with Gasteiger partial charge in [0.1, 0.15) is 6.61 Å². The third-order valence-electron chi connectivity index (χ3n) is 2.92. The Morgan fingerprint density at radius 3 is 2.07 bits per heavy atom. The highest BCUT2D eigenvalue weighted by atomic mass is 16.6. The van der Waals surface area contributed by atoms with Crippen LogP contribution in [0.15, 0.2) is 0 Å². The fourth-order valence-electron chi connectivity index (χ4n) is 1.73. The second-order valence-electron chi connectivity index (χ2n) is 4.20. The molecule has 0 aliphatic rings. The summed E-state index contributed by atoms with van der Waals surface area (Å²) in [6.07, 6.45) is 5.63. The minimum absolute atomic E-state index is 0.279. The standard InChI is InChI=1S/C11H23NO3/c1-3-5-7-9-11(10-13,12(14)15)8-6-4-2/h13H,3-10H2,1-2H3. The maximum Gasteiger partial charge on any atom is 0.244 e. The van der Waals surface area contributed by atoms with Crippen LogP contribution in [-0.2, 0) is 0 Å². The molecule has 0 aromatic rings. The fraction of sp³-hybridized carbons (Fsp3) is 1.00. The van der Waals surface area contributed by atoms with Gasteiger partial charge in [0.15, 0.2) is 0 Å². The van der Waals surface area contributed by atoms with E-state index in [4.69, 9.17) is 0 Å². The van der Waals surface area contributed by atoms with E-state index in [1.807, 2.05) is 6.92 Å². The molecule has 0 rings (SSSR count). The zero-order chi connectivity index (χ0) is 11.7. The first-order valence-electron chi connectivity index (χ1n) is 5.88. The Bertz CT molecular complexity index is 185. The van der Waals surface area contributed by atoms with Gasteiger partial charge in [0, 0.05) is 17.8 Å². The van der Waals surface area contributed by atoms with Crippen molar-refractivity contribution in [3.05, 3.63) is 10.1 Å². The second-order valence-corrected chi connectivity index (χ2v) is 4.20. The Labute approximate surface area is 91.8 Å². The lowest BCUT2D eigenvalue weighted by Crippen LogP contribution is -2.42. The molecule has 0 radical (unpaired) electrons. The summed E-state index contributed by atoms with van der Waals surface area (Å²) in [5.74, 6) is 0.